The van der Waals surface area contributed by atoms with Crippen molar-refractivity contribution in [2.24, 2.45) is 0 Å². The van der Waals surface area contributed by atoms with Crippen molar-refractivity contribution in [2.75, 3.05) is 39.9 Å². The smallest absolute Gasteiger partial charge is 0.130 e. The third-order valence-electron chi connectivity index (χ3n) is 2.60. The molecule has 5 heteroatoms. The van der Waals surface area contributed by atoms with Crippen LogP contribution in [-0.2, 0) is 6.54 Å². The maximum Gasteiger partial charge on any atom is 0.130 e. The van der Waals surface area contributed by atoms with Crippen molar-refractivity contribution in [3.63, 3.8) is 0 Å². The van der Waals surface area contributed by atoms with E-state index in [4.69, 9.17) is 14.2 Å². The molecule has 1 N–H and O–H groups in total. The highest BCUT2D eigenvalue weighted by atomic mass is 32.2. The molecule has 4 nitrogen and oxygen atoms in total. The molecule has 1 aromatic carbocycles. The quantitative estimate of drug-likeness (QED) is 0.734. The van der Waals surface area contributed by atoms with Crippen molar-refractivity contribution in [1.82, 2.24) is 5.32 Å². The second kappa shape index (κ2) is 8.11. The van der Waals surface area contributed by atoms with Gasteiger partial charge in [-0.15, -0.1) is 0 Å². The van der Waals surface area contributed by atoms with Gasteiger partial charge in [0.2, 0.25) is 0 Å². The lowest BCUT2D eigenvalue weighted by atomic mass is 10.1. The van der Waals surface area contributed by atoms with E-state index in [2.05, 4.69) is 11.6 Å². The zero-order valence-electron chi connectivity index (χ0n) is 11.4. The Morgan fingerprint density at radius 3 is 2.11 bits per heavy atom. The fourth-order valence-corrected chi connectivity index (χ4v) is 1.99. The van der Waals surface area contributed by atoms with E-state index in [0.717, 1.165) is 41.7 Å². The maximum atomic E-state index is 5.38. The zero-order chi connectivity index (χ0) is 13.4. The fraction of sp³-hybridized carbons (Fsp3) is 0.538. The van der Waals surface area contributed by atoms with E-state index in [0.29, 0.717) is 0 Å². The van der Waals surface area contributed by atoms with Crippen LogP contribution in [0.25, 0.3) is 0 Å². The van der Waals surface area contributed by atoms with Gasteiger partial charge in [-0.3, -0.25) is 0 Å². The first-order valence-electron chi connectivity index (χ1n) is 5.75. The van der Waals surface area contributed by atoms with Crippen LogP contribution in [-0.4, -0.2) is 39.9 Å². The van der Waals surface area contributed by atoms with Crippen LogP contribution in [0.5, 0.6) is 17.2 Å². The van der Waals surface area contributed by atoms with Crippen LogP contribution < -0.4 is 19.5 Å². The van der Waals surface area contributed by atoms with Crippen LogP contribution in [0.1, 0.15) is 5.56 Å². The topological polar surface area (TPSA) is 39.7 Å². The first kappa shape index (κ1) is 15.0. The first-order valence-corrected chi connectivity index (χ1v) is 7.14. The maximum absolute atomic E-state index is 5.38. The third kappa shape index (κ3) is 3.99. The zero-order valence-corrected chi connectivity index (χ0v) is 12.2. The summed E-state index contributed by atoms with van der Waals surface area (Å²) in [5.41, 5.74) is 1.02. The lowest BCUT2D eigenvalue weighted by Crippen LogP contribution is -2.17. The fourth-order valence-electron chi connectivity index (χ4n) is 1.64. The Hall–Kier alpha value is -1.07. The number of rotatable bonds is 8. The Balaban J connectivity index is 2.85. The lowest BCUT2D eigenvalue weighted by molar-refractivity contribution is 0.367. The van der Waals surface area contributed by atoms with Crippen LogP contribution in [0.2, 0.25) is 0 Å². The summed E-state index contributed by atoms with van der Waals surface area (Å²) in [5.74, 6) is 3.38. The summed E-state index contributed by atoms with van der Waals surface area (Å²) >= 11 is 1.82. The van der Waals surface area contributed by atoms with Crippen LogP contribution in [0.4, 0.5) is 0 Å². The van der Waals surface area contributed by atoms with Gasteiger partial charge in [-0.1, -0.05) is 0 Å². The van der Waals surface area contributed by atoms with Crippen LogP contribution in [0.3, 0.4) is 0 Å². The van der Waals surface area contributed by atoms with E-state index in [-0.39, 0.29) is 0 Å². The van der Waals surface area contributed by atoms with Gasteiger partial charge >= 0.3 is 0 Å². The molecule has 0 amide bonds. The summed E-state index contributed by atoms with van der Waals surface area (Å²) in [6.45, 7) is 1.68. The molecule has 0 unspecified atom stereocenters. The van der Waals surface area contributed by atoms with Gasteiger partial charge in [-0.25, -0.2) is 0 Å². The predicted octanol–water partition coefficient (Wildman–Crippen LogP) is 2.17. The normalized spacial score (nSPS) is 10.2. The van der Waals surface area contributed by atoms with E-state index in [1.807, 2.05) is 23.9 Å². The molecular weight excluding hydrogens is 250 g/mol. The van der Waals surface area contributed by atoms with Gasteiger partial charge in [0, 0.05) is 31.0 Å². The molecule has 0 aromatic heterocycles. The van der Waals surface area contributed by atoms with Gasteiger partial charge < -0.3 is 19.5 Å². The minimum Gasteiger partial charge on any atom is -0.496 e. The minimum absolute atomic E-state index is 0.719. The number of thioether (sulfide) groups is 1. The molecule has 1 rings (SSSR count). The number of nitrogens with one attached hydrogen (secondary N) is 1. The standard InChI is InChI=1S/C13H21NO3S/c1-15-10-7-12(16-2)11(13(8-10)17-3)9-14-5-6-18-4/h7-8,14H,5-6,9H2,1-4H3. The summed E-state index contributed by atoms with van der Waals surface area (Å²) < 4.78 is 16.0. The van der Waals surface area contributed by atoms with Gasteiger partial charge in [0.05, 0.1) is 26.9 Å². The summed E-state index contributed by atoms with van der Waals surface area (Å²) in [6, 6.07) is 3.74. The molecule has 0 aliphatic rings. The molecule has 0 radical (unpaired) electrons. The number of hydrogen-bond donors (Lipinski definition) is 1. The Morgan fingerprint density at radius 1 is 1.06 bits per heavy atom. The van der Waals surface area contributed by atoms with E-state index in [9.17, 15) is 0 Å². The van der Waals surface area contributed by atoms with Crippen LogP contribution in [0.15, 0.2) is 12.1 Å². The Labute approximate surface area is 113 Å². The number of ether oxygens (including phenoxy) is 3. The van der Waals surface area contributed by atoms with Gasteiger partial charge in [0.25, 0.3) is 0 Å². The number of methoxy groups -OCH3 is 3. The summed E-state index contributed by atoms with van der Waals surface area (Å²) in [5, 5.41) is 3.37. The molecule has 0 saturated heterocycles. The van der Waals surface area contributed by atoms with E-state index < -0.39 is 0 Å². The molecule has 102 valence electrons. The second-order valence-electron chi connectivity index (χ2n) is 3.68. The Kier molecular flexibility index (Phi) is 6.75. The molecule has 0 bridgehead atoms. The SMILES string of the molecule is COc1cc(OC)c(CNCCSC)c(OC)c1. The minimum atomic E-state index is 0.719. The van der Waals surface area contributed by atoms with Gasteiger partial charge in [-0.2, -0.15) is 11.8 Å². The van der Waals surface area contributed by atoms with Gasteiger partial charge in [0.1, 0.15) is 17.2 Å². The van der Waals surface area contributed by atoms with Crippen molar-refractivity contribution in [3.05, 3.63) is 17.7 Å². The molecule has 0 aliphatic heterocycles. The molecule has 0 fully saturated rings. The van der Waals surface area contributed by atoms with Crippen molar-refractivity contribution in [1.29, 1.82) is 0 Å². The molecule has 1 aromatic rings. The van der Waals surface area contributed by atoms with E-state index >= 15 is 0 Å². The van der Waals surface area contributed by atoms with Crippen molar-refractivity contribution < 1.29 is 14.2 Å². The molecule has 0 atom stereocenters. The Morgan fingerprint density at radius 2 is 1.67 bits per heavy atom. The highest BCUT2D eigenvalue weighted by Gasteiger charge is 2.12. The molecule has 0 aliphatic carbocycles. The predicted molar refractivity (Wildman–Crippen MR) is 76.2 cm³/mol. The monoisotopic (exact) mass is 271 g/mol. The second-order valence-corrected chi connectivity index (χ2v) is 4.67. The highest BCUT2D eigenvalue weighted by molar-refractivity contribution is 7.98. The average Bonchev–Trinajstić information content (AvgIpc) is 2.42. The van der Waals surface area contributed by atoms with Crippen LogP contribution >= 0.6 is 11.8 Å². The molecule has 18 heavy (non-hydrogen) atoms. The summed E-state index contributed by atoms with van der Waals surface area (Å²) in [6.07, 6.45) is 2.09. The molecular formula is C13H21NO3S. The third-order valence-corrected chi connectivity index (χ3v) is 3.21. The summed E-state index contributed by atoms with van der Waals surface area (Å²) in [4.78, 5) is 0. The molecule has 0 saturated carbocycles. The average molecular weight is 271 g/mol. The largest absolute Gasteiger partial charge is 0.496 e. The van der Waals surface area contributed by atoms with Crippen molar-refractivity contribution in [3.8, 4) is 17.2 Å². The Bertz CT molecular complexity index is 346. The van der Waals surface area contributed by atoms with E-state index in [1.54, 1.807) is 21.3 Å². The molecule has 0 heterocycles. The van der Waals surface area contributed by atoms with Crippen molar-refractivity contribution in [2.45, 2.75) is 6.54 Å². The van der Waals surface area contributed by atoms with E-state index in [1.165, 1.54) is 0 Å². The summed E-state index contributed by atoms with van der Waals surface area (Å²) in [7, 11) is 4.93. The van der Waals surface area contributed by atoms with Crippen molar-refractivity contribution >= 4 is 11.8 Å². The van der Waals surface area contributed by atoms with Crippen LogP contribution in [0, 0.1) is 0 Å². The van der Waals surface area contributed by atoms with Gasteiger partial charge in [-0.05, 0) is 6.26 Å². The van der Waals surface area contributed by atoms with Gasteiger partial charge in [0.15, 0.2) is 0 Å². The molecule has 0 spiro atoms. The number of benzene rings is 1. The lowest BCUT2D eigenvalue weighted by Gasteiger charge is -2.15. The number of hydrogen-bond acceptors (Lipinski definition) is 5. The first-order chi connectivity index (χ1) is 8.76. The highest BCUT2D eigenvalue weighted by Crippen LogP contribution is 2.33.